The minimum Gasteiger partial charge on any atom is -0.346 e. The topological polar surface area (TPSA) is 129 Å². The van der Waals surface area contributed by atoms with E-state index in [0.717, 1.165) is 27.9 Å². The van der Waals surface area contributed by atoms with Crippen molar-refractivity contribution in [3.63, 3.8) is 0 Å². The summed E-state index contributed by atoms with van der Waals surface area (Å²) in [5, 5.41) is 17.5. The number of nitrogens with one attached hydrogen (secondary N) is 2. The number of H-pyrrole nitrogens is 1. The molecule has 1 unspecified atom stereocenters. The number of benzene rings is 1. The van der Waals surface area contributed by atoms with Gasteiger partial charge in [-0.3, -0.25) is 14.3 Å². The molecule has 0 aliphatic rings. The highest BCUT2D eigenvalue weighted by Gasteiger charge is 2.25. The van der Waals surface area contributed by atoms with Gasteiger partial charge in [0.25, 0.3) is 0 Å². The highest BCUT2D eigenvalue weighted by Crippen LogP contribution is 2.28. The van der Waals surface area contributed by atoms with Gasteiger partial charge in [-0.1, -0.05) is 12.1 Å². The van der Waals surface area contributed by atoms with Gasteiger partial charge in [0, 0.05) is 36.0 Å². The van der Waals surface area contributed by atoms with Gasteiger partial charge in [0.05, 0.1) is 30.4 Å². The maximum absolute atomic E-state index is 11.3. The molecule has 0 radical (unpaired) electrons. The van der Waals surface area contributed by atoms with Gasteiger partial charge in [0.2, 0.25) is 12.2 Å². The lowest BCUT2D eigenvalue weighted by molar-refractivity contribution is -0.156. The third kappa shape index (κ3) is 6.04. The quantitative estimate of drug-likeness (QED) is 0.425. The minimum atomic E-state index is -4.64. The summed E-state index contributed by atoms with van der Waals surface area (Å²) in [6, 6.07) is 11.3. The lowest BCUT2D eigenvalue weighted by Crippen LogP contribution is -2.12. The number of fused-ring (bicyclic) bond motifs is 1. The number of anilines is 1. The van der Waals surface area contributed by atoms with Gasteiger partial charge >= 0.3 is 6.18 Å². The molecule has 0 bridgehead atoms. The predicted molar refractivity (Wildman–Crippen MR) is 116 cm³/mol. The molecule has 4 aromatic rings. The number of aromatic amines is 1. The second-order valence-corrected chi connectivity index (χ2v) is 7.02. The number of halogens is 3. The highest BCUT2D eigenvalue weighted by atomic mass is 19.4. The van der Waals surface area contributed by atoms with Crippen LogP contribution in [0, 0.1) is 11.3 Å². The van der Waals surface area contributed by atoms with Crippen molar-refractivity contribution >= 4 is 28.9 Å². The van der Waals surface area contributed by atoms with E-state index in [1.165, 1.54) is 13.3 Å². The van der Waals surface area contributed by atoms with Crippen LogP contribution in [0.4, 0.5) is 18.9 Å². The summed E-state index contributed by atoms with van der Waals surface area (Å²) >= 11 is 0. The second-order valence-electron chi connectivity index (χ2n) is 7.02. The number of nitrogens with zero attached hydrogens (tertiary/aromatic N) is 5. The molecule has 1 aromatic carbocycles. The molecule has 9 nitrogen and oxygen atoms in total. The molecular weight excluding hydrogens is 451 g/mol. The number of carbonyl (C=O) groups is 2. The third-order valence-corrected chi connectivity index (χ3v) is 4.56. The summed E-state index contributed by atoms with van der Waals surface area (Å²) in [6.07, 6.45) is 1.48. The SMILES string of the molecule is CC(=O)Nc1cccc(C(CC#N)n2cc(-c3ncnc4[nH]ccc34)cn2)c1.O=CC(F)(F)F. The Bertz CT molecular complexity index is 1340. The summed E-state index contributed by atoms with van der Waals surface area (Å²) in [5.41, 5.74) is 3.95. The number of carbonyl (C=O) groups excluding carboxylic acids is 2. The molecular formula is C22H18F3N7O2. The van der Waals surface area contributed by atoms with E-state index in [1.54, 1.807) is 10.9 Å². The molecule has 3 aromatic heterocycles. The number of hydrogen-bond acceptors (Lipinski definition) is 6. The van der Waals surface area contributed by atoms with Crippen molar-refractivity contribution < 1.29 is 22.8 Å². The summed E-state index contributed by atoms with van der Waals surface area (Å²) in [6.45, 7) is 1.46. The zero-order valence-electron chi connectivity index (χ0n) is 17.7. The van der Waals surface area contributed by atoms with Crippen LogP contribution in [0.2, 0.25) is 0 Å². The van der Waals surface area contributed by atoms with E-state index in [0.29, 0.717) is 5.69 Å². The first-order chi connectivity index (χ1) is 16.2. The molecule has 0 aliphatic heterocycles. The minimum absolute atomic E-state index is 0.144. The predicted octanol–water partition coefficient (Wildman–Crippen LogP) is 4.03. The Morgan fingerprint density at radius 1 is 1.32 bits per heavy atom. The Labute approximate surface area is 191 Å². The molecule has 0 aliphatic carbocycles. The van der Waals surface area contributed by atoms with Gasteiger partial charge in [-0.2, -0.15) is 23.5 Å². The van der Waals surface area contributed by atoms with E-state index >= 15 is 0 Å². The summed E-state index contributed by atoms with van der Waals surface area (Å²) in [4.78, 5) is 31.7. The highest BCUT2D eigenvalue weighted by molar-refractivity contribution is 5.90. The van der Waals surface area contributed by atoms with Crippen molar-refractivity contribution in [3.05, 3.63) is 60.8 Å². The normalized spacial score (nSPS) is 11.7. The first kappa shape index (κ1) is 24.1. The summed E-state index contributed by atoms with van der Waals surface area (Å²) in [7, 11) is 0. The molecule has 4 rings (SSSR count). The number of alkyl halides is 3. The molecule has 1 amide bonds. The standard InChI is InChI=1S/C20H17N7O.C2HF3O/c1-13(28)26-16-4-2-3-14(9-16)18(5-7-21)27-11-15(10-25-27)19-17-6-8-22-20(17)24-12-23-19;3-2(4,5)1-6/h2-4,6,8-12,18H,5H2,1H3,(H,26,28)(H,22,23,24);1H. The smallest absolute Gasteiger partial charge is 0.346 e. The fraction of sp³-hybridized carbons (Fsp3) is 0.182. The van der Waals surface area contributed by atoms with Crippen molar-refractivity contribution in [1.29, 1.82) is 5.26 Å². The number of amides is 1. The van der Waals surface area contributed by atoms with Gasteiger partial charge < -0.3 is 10.3 Å². The van der Waals surface area contributed by atoms with Crippen molar-refractivity contribution in [2.45, 2.75) is 25.6 Å². The van der Waals surface area contributed by atoms with Gasteiger partial charge in [-0.25, -0.2) is 9.97 Å². The largest absolute Gasteiger partial charge is 0.446 e. The van der Waals surface area contributed by atoms with Crippen LogP contribution in [0.3, 0.4) is 0 Å². The van der Waals surface area contributed by atoms with Crippen LogP contribution in [0.25, 0.3) is 22.3 Å². The molecule has 12 heteroatoms. The Balaban J connectivity index is 0.000000481. The van der Waals surface area contributed by atoms with E-state index in [9.17, 15) is 23.2 Å². The number of aldehydes is 1. The average molecular weight is 469 g/mol. The van der Waals surface area contributed by atoms with Crippen molar-refractivity contribution in [1.82, 2.24) is 24.7 Å². The van der Waals surface area contributed by atoms with Crippen molar-refractivity contribution in [2.24, 2.45) is 0 Å². The molecule has 0 spiro atoms. The Morgan fingerprint density at radius 2 is 2.09 bits per heavy atom. The van der Waals surface area contributed by atoms with Gasteiger partial charge in [-0.15, -0.1) is 0 Å². The fourth-order valence-corrected chi connectivity index (χ4v) is 3.21. The monoisotopic (exact) mass is 469 g/mol. The van der Waals surface area contributed by atoms with Crippen molar-refractivity contribution in [3.8, 4) is 17.3 Å². The third-order valence-electron chi connectivity index (χ3n) is 4.56. The molecule has 2 N–H and O–H groups in total. The van der Waals surface area contributed by atoms with E-state index < -0.39 is 12.5 Å². The van der Waals surface area contributed by atoms with Crippen LogP contribution in [0.15, 0.2) is 55.2 Å². The van der Waals surface area contributed by atoms with Crippen LogP contribution in [0.1, 0.15) is 24.9 Å². The van der Waals surface area contributed by atoms with Crippen LogP contribution in [-0.2, 0) is 9.59 Å². The Hall–Kier alpha value is -4.53. The van der Waals surface area contributed by atoms with E-state index in [2.05, 4.69) is 31.4 Å². The average Bonchev–Trinajstić information content (AvgIpc) is 3.47. The van der Waals surface area contributed by atoms with E-state index in [-0.39, 0.29) is 18.4 Å². The fourth-order valence-electron chi connectivity index (χ4n) is 3.21. The number of nitriles is 1. The lowest BCUT2D eigenvalue weighted by atomic mass is 10.0. The van der Waals surface area contributed by atoms with Crippen molar-refractivity contribution in [2.75, 3.05) is 5.32 Å². The molecule has 1 atom stereocenters. The van der Waals surface area contributed by atoms with Crippen LogP contribution in [0.5, 0.6) is 0 Å². The zero-order valence-corrected chi connectivity index (χ0v) is 17.7. The number of aromatic nitrogens is 5. The molecule has 0 fully saturated rings. The molecule has 0 saturated carbocycles. The zero-order chi connectivity index (χ0) is 24.7. The number of rotatable bonds is 5. The van der Waals surface area contributed by atoms with Gasteiger partial charge in [0.1, 0.15) is 12.0 Å². The van der Waals surface area contributed by atoms with Crippen LogP contribution >= 0.6 is 0 Å². The number of hydrogen-bond donors (Lipinski definition) is 2. The molecule has 34 heavy (non-hydrogen) atoms. The van der Waals surface area contributed by atoms with Crippen LogP contribution in [-0.4, -0.2) is 43.1 Å². The molecule has 3 heterocycles. The first-order valence-corrected chi connectivity index (χ1v) is 9.82. The molecule has 0 saturated heterocycles. The Morgan fingerprint density at radius 3 is 2.76 bits per heavy atom. The summed E-state index contributed by atoms with van der Waals surface area (Å²) in [5.74, 6) is -0.144. The second kappa shape index (κ2) is 10.4. The summed E-state index contributed by atoms with van der Waals surface area (Å²) < 4.78 is 33.0. The maximum atomic E-state index is 11.3. The maximum Gasteiger partial charge on any atom is 0.446 e. The van der Waals surface area contributed by atoms with E-state index in [1.807, 2.05) is 42.7 Å². The molecule has 174 valence electrons. The first-order valence-electron chi connectivity index (χ1n) is 9.82. The van der Waals surface area contributed by atoms with Gasteiger partial charge in [-0.05, 0) is 23.8 Å². The van der Waals surface area contributed by atoms with Crippen LogP contribution < -0.4 is 5.32 Å². The van der Waals surface area contributed by atoms with Gasteiger partial charge in [0.15, 0.2) is 0 Å². The lowest BCUT2D eigenvalue weighted by Gasteiger charge is -2.16. The Kier molecular flexibility index (Phi) is 7.37. The van der Waals surface area contributed by atoms with E-state index in [4.69, 9.17) is 4.79 Å².